The first-order valence-electron chi connectivity index (χ1n) is 10.4. The van der Waals surface area contributed by atoms with Gasteiger partial charge in [-0.1, -0.05) is 50.8 Å². The molecule has 0 unspecified atom stereocenters. The Morgan fingerprint density at radius 3 is 2.28 bits per heavy atom. The lowest BCUT2D eigenvalue weighted by Crippen LogP contribution is -2.34. The molecule has 25 heavy (non-hydrogen) atoms. The summed E-state index contributed by atoms with van der Waals surface area (Å²) in [5.41, 5.74) is 2.65. The van der Waals surface area contributed by atoms with Gasteiger partial charge in [-0.2, -0.15) is 0 Å². The molecular weight excluding hydrogens is 330 g/mol. The molecule has 0 amide bonds. The molecule has 0 nitrogen and oxygen atoms in total. The van der Waals surface area contributed by atoms with Crippen LogP contribution < -0.4 is 0 Å². The average Bonchev–Trinajstić information content (AvgIpc) is 2.64. The first-order valence-corrected chi connectivity index (χ1v) is 12.7. The van der Waals surface area contributed by atoms with Gasteiger partial charge in [0, 0.05) is 9.52 Å². The Hall–Kier alpha value is -0.703. The van der Waals surface area contributed by atoms with E-state index in [4.69, 9.17) is 0 Å². The van der Waals surface area contributed by atoms with Crippen molar-refractivity contribution in [1.82, 2.24) is 0 Å². The third-order valence-electron chi connectivity index (χ3n) is 7.48. The average molecular weight is 365 g/mol. The number of aryl methyl sites for hydroxylation is 1. The minimum atomic E-state index is -0.738. The fourth-order valence-corrected chi connectivity index (χ4v) is 6.59. The number of benzene rings is 1. The number of halogens is 2. The Labute approximate surface area is 154 Å². The Kier molecular flexibility index (Phi) is 6.35. The van der Waals surface area contributed by atoms with Crippen LogP contribution in [0.15, 0.2) is 18.2 Å². The van der Waals surface area contributed by atoms with Gasteiger partial charge in [0.25, 0.3) is 0 Å². The molecule has 0 aromatic heterocycles. The smallest absolute Gasteiger partial charge is 0.159 e. The van der Waals surface area contributed by atoms with E-state index in [1.807, 2.05) is 0 Å². The van der Waals surface area contributed by atoms with E-state index < -0.39 is 11.6 Å². The molecule has 2 fully saturated rings. The van der Waals surface area contributed by atoms with Gasteiger partial charge in [-0.3, -0.25) is 0 Å². The van der Waals surface area contributed by atoms with Crippen molar-refractivity contribution < 1.29 is 8.78 Å². The minimum Gasteiger partial charge on any atom is -0.204 e. The largest absolute Gasteiger partial charge is 0.204 e. The van der Waals surface area contributed by atoms with Crippen LogP contribution in [0.2, 0.25) is 12.1 Å². The molecule has 3 rings (SSSR count). The predicted molar refractivity (Wildman–Crippen MR) is 105 cm³/mol. The van der Waals surface area contributed by atoms with Crippen molar-refractivity contribution in [3.8, 4) is 0 Å². The molecule has 1 aromatic rings. The van der Waals surface area contributed by atoms with E-state index in [0.717, 1.165) is 35.8 Å². The van der Waals surface area contributed by atoms with Gasteiger partial charge in [0.2, 0.25) is 0 Å². The molecule has 140 valence electrons. The predicted octanol–water partition coefficient (Wildman–Crippen LogP) is 6.29. The van der Waals surface area contributed by atoms with Gasteiger partial charge in [-0.05, 0) is 73.5 Å². The molecule has 2 saturated carbocycles. The maximum atomic E-state index is 13.3. The van der Waals surface area contributed by atoms with Crippen LogP contribution in [0.1, 0.15) is 70.3 Å². The third-order valence-corrected chi connectivity index (χ3v) is 9.45. The van der Waals surface area contributed by atoms with Crippen LogP contribution in [-0.2, 0) is 6.42 Å². The quantitative estimate of drug-likeness (QED) is 0.539. The Bertz CT molecular complexity index is 555. The topological polar surface area (TPSA) is 0 Å². The highest BCUT2D eigenvalue weighted by atomic mass is 28.2. The van der Waals surface area contributed by atoms with Gasteiger partial charge in [0.15, 0.2) is 11.6 Å². The van der Waals surface area contributed by atoms with Crippen LogP contribution in [0.3, 0.4) is 0 Å². The summed E-state index contributed by atoms with van der Waals surface area (Å²) in [5.74, 6) is 0.247. The fraction of sp³-hybridized carbons (Fsp3) is 0.727. The second-order valence-corrected chi connectivity index (χ2v) is 11.0. The van der Waals surface area contributed by atoms with E-state index in [2.05, 4.69) is 13.5 Å². The number of hydrogen-bond acceptors (Lipinski definition) is 0. The van der Waals surface area contributed by atoms with Gasteiger partial charge in [-0.25, -0.2) is 8.78 Å². The van der Waals surface area contributed by atoms with Crippen LogP contribution in [0, 0.1) is 28.9 Å². The number of hydrogen-bond donors (Lipinski definition) is 0. The Balaban J connectivity index is 1.45. The maximum Gasteiger partial charge on any atom is 0.159 e. The van der Waals surface area contributed by atoms with E-state index in [1.165, 1.54) is 63.5 Å². The highest BCUT2D eigenvalue weighted by Gasteiger charge is 2.39. The second kappa shape index (κ2) is 8.33. The van der Waals surface area contributed by atoms with E-state index in [1.54, 1.807) is 6.07 Å². The Morgan fingerprint density at radius 2 is 1.68 bits per heavy atom. The molecule has 0 radical (unpaired) electrons. The molecule has 0 atom stereocenters. The van der Waals surface area contributed by atoms with Crippen LogP contribution in [0.5, 0.6) is 0 Å². The van der Waals surface area contributed by atoms with Crippen LogP contribution >= 0.6 is 0 Å². The van der Waals surface area contributed by atoms with Crippen molar-refractivity contribution in [1.29, 1.82) is 0 Å². The molecular formula is C22H34F2Si. The molecule has 3 heteroatoms. The SMILES string of the molecule is C[SiH2][C@H]1CC[C@](C)(C2CCC(CCc3ccc(F)c(F)c3)CC2)CC1. The zero-order valence-electron chi connectivity index (χ0n) is 16.0. The van der Waals surface area contributed by atoms with Gasteiger partial charge < -0.3 is 0 Å². The third kappa shape index (κ3) is 4.72. The van der Waals surface area contributed by atoms with Crippen molar-refractivity contribution in [2.75, 3.05) is 0 Å². The molecule has 0 N–H and O–H groups in total. The summed E-state index contributed by atoms with van der Waals surface area (Å²) in [5, 5.41) is 0. The monoisotopic (exact) mass is 364 g/mol. The summed E-state index contributed by atoms with van der Waals surface area (Å²) in [7, 11) is 0.194. The summed E-state index contributed by atoms with van der Waals surface area (Å²) in [6.07, 6.45) is 13.3. The molecule has 0 aliphatic heterocycles. The first-order chi connectivity index (χ1) is 12.0. The van der Waals surface area contributed by atoms with Crippen LogP contribution in [0.4, 0.5) is 8.78 Å². The van der Waals surface area contributed by atoms with Crippen LogP contribution in [0.25, 0.3) is 0 Å². The van der Waals surface area contributed by atoms with Crippen LogP contribution in [-0.4, -0.2) is 9.52 Å². The van der Waals surface area contributed by atoms with Crippen molar-refractivity contribution in [3.63, 3.8) is 0 Å². The van der Waals surface area contributed by atoms with E-state index in [-0.39, 0.29) is 9.52 Å². The maximum absolute atomic E-state index is 13.3. The summed E-state index contributed by atoms with van der Waals surface area (Å²) in [6, 6.07) is 4.37. The first kappa shape index (κ1) is 19.1. The minimum absolute atomic E-state index is 0.194. The van der Waals surface area contributed by atoms with Gasteiger partial charge in [-0.15, -0.1) is 0 Å². The molecule has 2 aliphatic rings. The molecule has 0 heterocycles. The lowest BCUT2D eigenvalue weighted by molar-refractivity contribution is 0.0721. The summed E-state index contributed by atoms with van der Waals surface area (Å²) >= 11 is 0. The number of rotatable bonds is 5. The molecule has 0 spiro atoms. The normalized spacial score (nSPS) is 33.8. The standard InChI is InChI=1S/C22H34F2Si/c1-22(13-11-19(25-2)12-14-22)18-8-5-16(6-9-18)3-4-17-7-10-20(23)21(24)15-17/h7,10,15-16,18-19H,3-6,8-9,11-14,25H2,1-2H3/t16?,18?,19-,22-. The fourth-order valence-electron chi connectivity index (χ4n) is 5.37. The van der Waals surface area contributed by atoms with Crippen molar-refractivity contribution in [2.45, 2.75) is 83.2 Å². The summed E-state index contributed by atoms with van der Waals surface area (Å²) in [6.45, 7) is 5.04. The zero-order chi connectivity index (χ0) is 17.9. The molecule has 1 aromatic carbocycles. The molecule has 0 saturated heterocycles. The van der Waals surface area contributed by atoms with Gasteiger partial charge in [0.05, 0.1) is 0 Å². The lowest BCUT2D eigenvalue weighted by atomic mass is 9.61. The summed E-state index contributed by atoms with van der Waals surface area (Å²) in [4.78, 5) is 0. The highest BCUT2D eigenvalue weighted by molar-refractivity contribution is 6.35. The van der Waals surface area contributed by atoms with Gasteiger partial charge in [0.1, 0.15) is 0 Å². The molecule has 0 bridgehead atoms. The van der Waals surface area contributed by atoms with E-state index in [9.17, 15) is 8.78 Å². The van der Waals surface area contributed by atoms with Crippen molar-refractivity contribution in [2.24, 2.45) is 17.3 Å². The van der Waals surface area contributed by atoms with Crippen molar-refractivity contribution in [3.05, 3.63) is 35.4 Å². The summed E-state index contributed by atoms with van der Waals surface area (Å²) < 4.78 is 26.3. The van der Waals surface area contributed by atoms with Gasteiger partial charge >= 0.3 is 0 Å². The van der Waals surface area contributed by atoms with E-state index >= 15 is 0 Å². The second-order valence-electron chi connectivity index (χ2n) is 9.01. The lowest BCUT2D eigenvalue weighted by Gasteiger charge is -2.46. The Morgan fingerprint density at radius 1 is 1.00 bits per heavy atom. The van der Waals surface area contributed by atoms with Crippen molar-refractivity contribution >= 4 is 9.52 Å². The highest BCUT2D eigenvalue weighted by Crippen LogP contribution is 2.51. The zero-order valence-corrected chi connectivity index (χ0v) is 17.4. The van der Waals surface area contributed by atoms with E-state index in [0.29, 0.717) is 5.41 Å². The molecule has 2 aliphatic carbocycles.